The molecule has 7 nitrogen and oxygen atoms in total. The van der Waals surface area contributed by atoms with Crippen LogP contribution in [0.4, 0.5) is 10.5 Å². The molecule has 0 radical (unpaired) electrons. The molecule has 2 rings (SSSR count). The Balaban J connectivity index is 2.03. The third-order valence-corrected chi connectivity index (χ3v) is 2.02. The van der Waals surface area contributed by atoms with E-state index in [0.29, 0.717) is 5.69 Å². The van der Waals surface area contributed by atoms with Gasteiger partial charge in [-0.25, -0.2) is 4.79 Å². The molecule has 0 aliphatic heterocycles. The summed E-state index contributed by atoms with van der Waals surface area (Å²) in [4.78, 5) is 15.9. The molecule has 2 aromatic rings. The fourth-order valence-corrected chi connectivity index (χ4v) is 1.16. The Hall–Kier alpha value is -2.31. The number of H-pyrrole nitrogens is 1. The minimum Gasteiger partial charge on any atom is -0.387 e. The molecule has 0 bridgehead atoms. The number of hydrogen-bond acceptors (Lipinski definition) is 4. The Morgan fingerprint density at radius 2 is 2.44 bits per heavy atom. The molecule has 2 heterocycles. The molecular formula is C9H11N5O2. The summed E-state index contributed by atoms with van der Waals surface area (Å²) >= 11 is 0. The van der Waals surface area contributed by atoms with Gasteiger partial charge in [0.2, 0.25) is 0 Å². The van der Waals surface area contributed by atoms with Gasteiger partial charge in [0.15, 0.2) is 0 Å². The second-order valence-electron chi connectivity index (χ2n) is 3.23. The maximum Gasteiger partial charge on any atom is 0.420 e. The lowest BCUT2D eigenvalue weighted by atomic mass is 10.5. The van der Waals surface area contributed by atoms with Crippen LogP contribution < -0.4 is 9.64 Å². The number of rotatable bonds is 2. The van der Waals surface area contributed by atoms with Crippen molar-refractivity contribution in [2.45, 2.75) is 0 Å². The maximum atomic E-state index is 11.6. The first-order valence-corrected chi connectivity index (χ1v) is 4.61. The Morgan fingerprint density at radius 1 is 1.62 bits per heavy atom. The van der Waals surface area contributed by atoms with E-state index in [0.717, 1.165) is 0 Å². The van der Waals surface area contributed by atoms with Crippen molar-refractivity contribution in [3.8, 4) is 5.88 Å². The van der Waals surface area contributed by atoms with E-state index in [1.54, 1.807) is 32.6 Å². The van der Waals surface area contributed by atoms with Crippen LogP contribution in [0.2, 0.25) is 0 Å². The van der Waals surface area contributed by atoms with Crippen LogP contribution >= 0.6 is 0 Å². The van der Waals surface area contributed by atoms with Gasteiger partial charge >= 0.3 is 6.09 Å². The average molecular weight is 221 g/mol. The number of aromatic nitrogens is 4. The van der Waals surface area contributed by atoms with Crippen LogP contribution in [0.15, 0.2) is 24.7 Å². The van der Waals surface area contributed by atoms with Gasteiger partial charge in [-0.15, -0.1) is 0 Å². The van der Waals surface area contributed by atoms with E-state index >= 15 is 0 Å². The fraction of sp³-hybridized carbons (Fsp3) is 0.222. The number of nitrogens with zero attached hydrogens (tertiary/aromatic N) is 4. The van der Waals surface area contributed by atoms with Gasteiger partial charge in [0.25, 0.3) is 5.88 Å². The van der Waals surface area contributed by atoms with Crippen LogP contribution in [0.5, 0.6) is 5.88 Å². The van der Waals surface area contributed by atoms with Gasteiger partial charge in [-0.2, -0.15) is 0 Å². The summed E-state index contributed by atoms with van der Waals surface area (Å²) in [5.41, 5.74) is 0.717. The zero-order valence-electron chi connectivity index (χ0n) is 8.91. The van der Waals surface area contributed by atoms with Gasteiger partial charge < -0.3 is 9.72 Å². The molecule has 0 saturated carbocycles. The van der Waals surface area contributed by atoms with E-state index in [2.05, 4.69) is 15.3 Å². The monoisotopic (exact) mass is 221 g/mol. The summed E-state index contributed by atoms with van der Waals surface area (Å²) in [5, 5.41) is 7.31. The van der Waals surface area contributed by atoms with Crippen molar-refractivity contribution in [3.05, 3.63) is 24.7 Å². The van der Waals surface area contributed by atoms with E-state index in [-0.39, 0.29) is 5.88 Å². The fourth-order valence-electron chi connectivity index (χ4n) is 1.16. The molecule has 0 aliphatic carbocycles. The van der Waals surface area contributed by atoms with Gasteiger partial charge in [-0.3, -0.25) is 9.58 Å². The predicted octanol–water partition coefficient (Wildman–Crippen LogP) is 0.778. The van der Waals surface area contributed by atoms with Gasteiger partial charge in [-0.05, 0) is 6.07 Å². The van der Waals surface area contributed by atoms with Crippen molar-refractivity contribution in [3.63, 3.8) is 0 Å². The average Bonchev–Trinajstić information content (AvgIpc) is 2.88. The molecular weight excluding hydrogens is 210 g/mol. The van der Waals surface area contributed by atoms with Crippen molar-refractivity contribution in [1.29, 1.82) is 0 Å². The van der Waals surface area contributed by atoms with E-state index in [1.807, 2.05) is 0 Å². The summed E-state index contributed by atoms with van der Waals surface area (Å²) < 4.78 is 6.46. The number of amides is 1. The van der Waals surface area contributed by atoms with Crippen LogP contribution in [0, 0.1) is 0 Å². The minimum absolute atomic E-state index is 0.176. The van der Waals surface area contributed by atoms with Crippen LogP contribution in [0.3, 0.4) is 0 Å². The number of aromatic amines is 1. The summed E-state index contributed by atoms with van der Waals surface area (Å²) in [5.74, 6) is 0.176. The molecule has 0 aromatic carbocycles. The summed E-state index contributed by atoms with van der Waals surface area (Å²) in [6.45, 7) is 0. The standard InChI is InChI=1S/C9H11N5O2/c1-13-6-8(11-12-13)16-9(15)14(2)7-3-4-10-5-7/h3-6,10H,1-2H3. The number of anilines is 1. The zero-order valence-corrected chi connectivity index (χ0v) is 8.91. The lowest BCUT2D eigenvalue weighted by molar-refractivity contribution is 0.207. The Labute approximate surface area is 91.6 Å². The lowest BCUT2D eigenvalue weighted by Gasteiger charge is -2.13. The van der Waals surface area contributed by atoms with Crippen molar-refractivity contribution >= 4 is 11.8 Å². The number of aryl methyl sites for hydroxylation is 1. The number of nitrogens with one attached hydrogen (secondary N) is 1. The minimum atomic E-state index is -0.514. The summed E-state index contributed by atoms with van der Waals surface area (Å²) in [6.07, 6.45) is 4.42. The van der Waals surface area contributed by atoms with Crippen molar-refractivity contribution in [2.75, 3.05) is 11.9 Å². The second-order valence-corrected chi connectivity index (χ2v) is 3.23. The molecule has 84 valence electrons. The smallest absolute Gasteiger partial charge is 0.387 e. The van der Waals surface area contributed by atoms with Crippen LogP contribution in [-0.4, -0.2) is 33.1 Å². The van der Waals surface area contributed by atoms with Crippen LogP contribution in [0.25, 0.3) is 0 Å². The molecule has 0 fully saturated rings. The van der Waals surface area contributed by atoms with Crippen LogP contribution in [0.1, 0.15) is 0 Å². The summed E-state index contributed by atoms with van der Waals surface area (Å²) in [7, 11) is 3.31. The largest absolute Gasteiger partial charge is 0.420 e. The van der Waals surface area contributed by atoms with Crippen molar-refractivity contribution < 1.29 is 9.53 Å². The molecule has 16 heavy (non-hydrogen) atoms. The zero-order chi connectivity index (χ0) is 11.5. The molecule has 0 unspecified atom stereocenters. The van der Waals surface area contributed by atoms with Gasteiger partial charge in [-0.1, -0.05) is 10.3 Å². The highest BCUT2D eigenvalue weighted by molar-refractivity contribution is 5.88. The third-order valence-electron chi connectivity index (χ3n) is 2.02. The first-order valence-electron chi connectivity index (χ1n) is 4.61. The highest BCUT2D eigenvalue weighted by Gasteiger charge is 2.14. The van der Waals surface area contributed by atoms with Crippen molar-refractivity contribution in [1.82, 2.24) is 20.0 Å². The Bertz CT molecular complexity index is 476. The molecule has 0 atom stereocenters. The van der Waals surface area contributed by atoms with E-state index in [1.165, 1.54) is 15.8 Å². The molecule has 0 spiro atoms. The van der Waals surface area contributed by atoms with E-state index in [9.17, 15) is 4.79 Å². The molecule has 0 aliphatic rings. The van der Waals surface area contributed by atoms with Crippen molar-refractivity contribution in [2.24, 2.45) is 7.05 Å². The first kappa shape index (κ1) is 10.2. The second kappa shape index (κ2) is 4.05. The number of carbonyl (C=O) groups is 1. The quantitative estimate of drug-likeness (QED) is 0.812. The molecule has 2 aromatic heterocycles. The molecule has 1 amide bonds. The molecule has 7 heteroatoms. The highest BCUT2D eigenvalue weighted by Crippen LogP contribution is 2.12. The van der Waals surface area contributed by atoms with E-state index < -0.39 is 6.09 Å². The number of carbonyl (C=O) groups excluding carboxylic acids is 1. The molecule has 1 N–H and O–H groups in total. The third kappa shape index (κ3) is 2.02. The number of hydrogen-bond donors (Lipinski definition) is 1. The van der Waals surface area contributed by atoms with E-state index in [4.69, 9.17) is 4.74 Å². The Morgan fingerprint density at radius 3 is 3.00 bits per heavy atom. The first-order chi connectivity index (χ1) is 7.66. The summed E-state index contributed by atoms with van der Waals surface area (Å²) in [6, 6.07) is 1.76. The Kier molecular flexibility index (Phi) is 2.59. The van der Waals surface area contributed by atoms with Crippen LogP contribution in [-0.2, 0) is 7.05 Å². The van der Waals surface area contributed by atoms with Gasteiger partial charge in [0.05, 0.1) is 11.9 Å². The SMILES string of the molecule is CN(C(=O)Oc1cn(C)nn1)c1cc[nH]c1. The topological polar surface area (TPSA) is 76.0 Å². The highest BCUT2D eigenvalue weighted by atomic mass is 16.6. The maximum absolute atomic E-state index is 11.6. The van der Waals surface area contributed by atoms with Gasteiger partial charge in [0.1, 0.15) is 0 Å². The van der Waals surface area contributed by atoms with Gasteiger partial charge in [0, 0.05) is 26.5 Å². The number of ether oxygens (including phenoxy) is 1. The molecule has 0 saturated heterocycles. The predicted molar refractivity (Wildman–Crippen MR) is 56.2 cm³/mol. The lowest BCUT2D eigenvalue weighted by Crippen LogP contribution is -2.29. The normalized spacial score (nSPS) is 10.1.